The smallest absolute Gasteiger partial charge is 0.315 e. The van der Waals surface area contributed by atoms with Gasteiger partial charge in [-0.1, -0.05) is 96.1 Å². The number of nitrogens with one attached hydrogen (secondary N) is 1. The molecule has 4 rings (SSSR count). The third kappa shape index (κ3) is 9.81. The predicted octanol–water partition coefficient (Wildman–Crippen LogP) is 9.57. The Morgan fingerprint density at radius 3 is 2.23 bits per heavy atom. The van der Waals surface area contributed by atoms with Crippen LogP contribution in [0.5, 0.6) is 0 Å². The fraction of sp³-hybridized carbons (Fsp3) is 0.667. The van der Waals surface area contributed by atoms with Crippen LogP contribution in [0.4, 0.5) is 16.4 Å². The van der Waals surface area contributed by atoms with E-state index in [1.165, 1.54) is 81.1 Å². The number of piperazine rings is 1. The average molecular weight is 610 g/mol. The average Bonchev–Trinajstić information content (AvgIpc) is 3.28. The Balaban J connectivity index is 1.17. The lowest BCUT2D eigenvalue weighted by Crippen LogP contribution is -2.59. The summed E-state index contributed by atoms with van der Waals surface area (Å²) in [6.45, 7) is 12.6. The standard InChI is InChI=1S/C36H57N4O2S/c1-6-7-8-9-10-11-12-13-14-15-16-19-22-36(3,4)35(41)42-28-40(5)25-23-39(24-26-40)33-30-27-29(2)43-34(30)38-32-21-18-17-20-31(32)37-33/h17-18,20-21,27,38H,6-16,19,22-26,28H2,1-5H3/q+1. The van der Waals surface area contributed by atoms with Crippen LogP contribution in [-0.4, -0.2) is 61.1 Å². The molecule has 0 saturated carbocycles. The molecule has 0 bridgehead atoms. The molecule has 7 heteroatoms. The lowest BCUT2D eigenvalue weighted by Gasteiger charge is -2.42. The van der Waals surface area contributed by atoms with Gasteiger partial charge in [-0.3, -0.25) is 9.28 Å². The van der Waals surface area contributed by atoms with E-state index in [1.54, 1.807) is 11.3 Å². The van der Waals surface area contributed by atoms with E-state index >= 15 is 0 Å². The number of rotatable bonds is 16. The van der Waals surface area contributed by atoms with Crippen LogP contribution in [0.25, 0.3) is 0 Å². The first-order chi connectivity index (χ1) is 20.7. The van der Waals surface area contributed by atoms with Crippen molar-refractivity contribution in [3.63, 3.8) is 0 Å². The minimum Gasteiger partial charge on any atom is -0.415 e. The van der Waals surface area contributed by atoms with Crippen LogP contribution < -0.4 is 5.32 Å². The maximum Gasteiger partial charge on any atom is 0.315 e. The topological polar surface area (TPSA) is 53.9 Å². The molecule has 6 nitrogen and oxygen atoms in total. The molecule has 2 aromatic rings. The number of hydrogen-bond donors (Lipinski definition) is 1. The molecule has 3 heterocycles. The third-order valence-corrected chi connectivity index (χ3v) is 10.3. The molecular formula is C36H57N4O2S+. The van der Waals surface area contributed by atoms with E-state index in [0.717, 1.165) is 65.7 Å². The highest BCUT2D eigenvalue weighted by atomic mass is 32.1. The Morgan fingerprint density at radius 1 is 0.977 bits per heavy atom. The van der Waals surface area contributed by atoms with Gasteiger partial charge < -0.3 is 15.0 Å². The van der Waals surface area contributed by atoms with Gasteiger partial charge in [0.1, 0.15) is 10.8 Å². The van der Waals surface area contributed by atoms with Crippen LogP contribution in [-0.2, 0) is 9.53 Å². The second kappa shape index (κ2) is 16.1. The number of benzene rings is 1. The van der Waals surface area contributed by atoms with E-state index in [2.05, 4.69) is 69.2 Å². The van der Waals surface area contributed by atoms with Gasteiger partial charge in [-0.05, 0) is 45.4 Å². The number of anilines is 2. The van der Waals surface area contributed by atoms with E-state index < -0.39 is 5.41 Å². The molecule has 2 aliphatic heterocycles. The van der Waals surface area contributed by atoms with Crippen molar-refractivity contribution in [1.82, 2.24) is 4.90 Å². The van der Waals surface area contributed by atoms with Gasteiger partial charge in [0, 0.05) is 4.88 Å². The van der Waals surface area contributed by atoms with Crippen molar-refractivity contribution in [2.24, 2.45) is 10.4 Å². The van der Waals surface area contributed by atoms with Crippen molar-refractivity contribution in [2.75, 3.05) is 45.3 Å². The van der Waals surface area contributed by atoms with Gasteiger partial charge in [0.25, 0.3) is 0 Å². The van der Waals surface area contributed by atoms with E-state index in [4.69, 9.17) is 9.73 Å². The fourth-order valence-electron chi connectivity index (χ4n) is 6.20. The zero-order valence-electron chi connectivity index (χ0n) is 27.7. The summed E-state index contributed by atoms with van der Waals surface area (Å²) in [7, 11) is 2.22. The number of hydrogen-bond acceptors (Lipinski definition) is 6. The number of unbranched alkanes of at least 4 members (excludes halogenated alkanes) is 11. The number of esters is 1. The summed E-state index contributed by atoms with van der Waals surface area (Å²) in [4.78, 5) is 21.9. The SMILES string of the molecule is CCCCCCCCCCCCCCC(C)(C)C(=O)OC[N+]1(C)CCN(C2=Nc3ccccc3Nc3sc(C)cc32)CC1. The number of amidine groups is 1. The van der Waals surface area contributed by atoms with Crippen molar-refractivity contribution in [3.8, 4) is 0 Å². The highest BCUT2D eigenvalue weighted by Gasteiger charge is 2.36. The van der Waals surface area contributed by atoms with Crippen LogP contribution in [0, 0.1) is 12.3 Å². The number of carbonyl (C=O) groups is 1. The number of aliphatic imine (C=N–C) groups is 1. The zero-order valence-corrected chi connectivity index (χ0v) is 28.5. The highest BCUT2D eigenvalue weighted by Crippen LogP contribution is 2.39. The first-order valence-electron chi connectivity index (χ1n) is 17.0. The van der Waals surface area contributed by atoms with Crippen LogP contribution in [0.15, 0.2) is 35.3 Å². The molecule has 1 aromatic heterocycles. The third-order valence-electron chi connectivity index (χ3n) is 9.31. The molecule has 43 heavy (non-hydrogen) atoms. The number of thiophene rings is 1. The van der Waals surface area contributed by atoms with Crippen molar-refractivity contribution in [1.29, 1.82) is 0 Å². The van der Waals surface area contributed by atoms with Gasteiger partial charge >= 0.3 is 5.97 Å². The second-order valence-electron chi connectivity index (χ2n) is 13.8. The molecule has 0 radical (unpaired) electrons. The Hall–Kier alpha value is -2.38. The number of nitrogens with zero attached hydrogens (tertiary/aromatic N) is 3. The first kappa shape index (κ1) is 33.5. The maximum absolute atomic E-state index is 13.1. The van der Waals surface area contributed by atoms with Crippen molar-refractivity contribution in [2.45, 2.75) is 111 Å². The summed E-state index contributed by atoms with van der Waals surface area (Å²) in [6, 6.07) is 10.5. The number of aryl methyl sites for hydroxylation is 1. The minimum atomic E-state index is -0.428. The summed E-state index contributed by atoms with van der Waals surface area (Å²) in [6.07, 6.45) is 16.9. The molecule has 1 aromatic carbocycles. The highest BCUT2D eigenvalue weighted by molar-refractivity contribution is 7.16. The van der Waals surface area contributed by atoms with Gasteiger partial charge in [0.2, 0.25) is 6.73 Å². The summed E-state index contributed by atoms with van der Waals surface area (Å²) in [5, 5.41) is 4.77. The van der Waals surface area contributed by atoms with Gasteiger partial charge in [-0.15, -0.1) is 11.3 Å². The van der Waals surface area contributed by atoms with E-state index in [0.29, 0.717) is 6.73 Å². The van der Waals surface area contributed by atoms with Gasteiger partial charge in [0.05, 0.1) is 55.6 Å². The first-order valence-corrected chi connectivity index (χ1v) is 17.8. The van der Waals surface area contributed by atoms with E-state index in [-0.39, 0.29) is 5.97 Å². The number of ether oxygens (including phenoxy) is 1. The van der Waals surface area contributed by atoms with Crippen molar-refractivity contribution < 1.29 is 14.0 Å². The summed E-state index contributed by atoms with van der Waals surface area (Å²) in [5.41, 5.74) is 2.78. The zero-order chi connectivity index (χ0) is 30.7. The van der Waals surface area contributed by atoms with Gasteiger partial charge in [-0.2, -0.15) is 0 Å². The maximum atomic E-state index is 13.1. The molecule has 0 atom stereocenters. The molecule has 0 amide bonds. The number of quaternary nitrogens is 1. The molecule has 238 valence electrons. The number of para-hydroxylation sites is 2. The van der Waals surface area contributed by atoms with Gasteiger partial charge in [-0.25, -0.2) is 4.99 Å². The monoisotopic (exact) mass is 609 g/mol. The van der Waals surface area contributed by atoms with Crippen LogP contribution in [0.1, 0.15) is 115 Å². The lowest BCUT2D eigenvalue weighted by atomic mass is 9.87. The number of likely N-dealkylation sites (N-methyl/N-ethyl adjacent to an activating group) is 1. The molecule has 0 aliphatic carbocycles. The predicted molar refractivity (Wildman–Crippen MR) is 183 cm³/mol. The Bertz CT molecular complexity index is 1200. The molecular weight excluding hydrogens is 552 g/mol. The van der Waals surface area contributed by atoms with Crippen LogP contribution >= 0.6 is 11.3 Å². The lowest BCUT2D eigenvalue weighted by molar-refractivity contribution is -0.929. The largest absolute Gasteiger partial charge is 0.415 e. The molecule has 1 saturated heterocycles. The summed E-state index contributed by atoms with van der Waals surface area (Å²) < 4.78 is 6.73. The van der Waals surface area contributed by atoms with Crippen LogP contribution in [0.3, 0.4) is 0 Å². The Labute approximate surface area is 265 Å². The molecule has 1 fully saturated rings. The Kier molecular flexibility index (Phi) is 12.5. The minimum absolute atomic E-state index is 0.0495. The molecule has 2 aliphatic rings. The Morgan fingerprint density at radius 2 is 1.58 bits per heavy atom. The normalized spacial score (nSPS) is 16.1. The number of fused-ring (bicyclic) bond motifs is 2. The second-order valence-corrected chi connectivity index (χ2v) is 15.1. The molecule has 0 spiro atoms. The molecule has 1 N–H and O–H groups in total. The van der Waals surface area contributed by atoms with Crippen molar-refractivity contribution in [3.05, 3.63) is 40.8 Å². The van der Waals surface area contributed by atoms with Gasteiger partial charge in [0.15, 0.2) is 0 Å². The van der Waals surface area contributed by atoms with E-state index in [9.17, 15) is 4.79 Å². The molecule has 0 unspecified atom stereocenters. The summed E-state index contributed by atoms with van der Waals surface area (Å²) >= 11 is 1.78. The fourth-order valence-corrected chi connectivity index (χ4v) is 7.12. The number of carbonyl (C=O) groups excluding carboxylic acids is 1. The quantitative estimate of drug-likeness (QED) is 0.117. The summed E-state index contributed by atoms with van der Waals surface area (Å²) in [5.74, 6) is 0.996. The van der Waals surface area contributed by atoms with Crippen LogP contribution in [0.2, 0.25) is 0 Å². The van der Waals surface area contributed by atoms with E-state index in [1.807, 2.05) is 6.07 Å². The van der Waals surface area contributed by atoms with Crippen molar-refractivity contribution >= 4 is 39.5 Å².